The highest BCUT2D eigenvalue weighted by molar-refractivity contribution is 5.86. The Labute approximate surface area is 87.2 Å². The van der Waals surface area contributed by atoms with E-state index in [4.69, 9.17) is 9.15 Å². The molecule has 80 valence electrons. The van der Waals surface area contributed by atoms with Crippen LogP contribution in [0, 0.1) is 6.92 Å². The number of rotatable bonds is 3. The minimum atomic E-state index is -0.501. The summed E-state index contributed by atoms with van der Waals surface area (Å²) in [7, 11) is 0. The molecule has 0 N–H and O–H groups in total. The molecule has 0 aliphatic rings. The first-order valence-electron chi connectivity index (χ1n) is 4.42. The van der Waals surface area contributed by atoms with E-state index in [0.29, 0.717) is 11.3 Å². The Bertz CT molecular complexity index is 442. The van der Waals surface area contributed by atoms with Crippen LogP contribution in [-0.2, 0) is 16.1 Å². The Morgan fingerprint density at radius 2 is 2.20 bits per heavy atom. The van der Waals surface area contributed by atoms with Crippen LogP contribution in [0.2, 0.25) is 0 Å². The lowest BCUT2D eigenvalue weighted by Gasteiger charge is -2.03. The van der Waals surface area contributed by atoms with Gasteiger partial charge < -0.3 is 9.15 Å². The molecule has 0 aromatic carbocycles. The lowest BCUT2D eigenvalue weighted by atomic mass is 10.3. The molecule has 0 spiro atoms. The molecule has 4 nitrogen and oxygen atoms in total. The molecule has 1 aromatic rings. The van der Waals surface area contributed by atoms with Crippen molar-refractivity contribution in [2.45, 2.75) is 20.5 Å². The van der Waals surface area contributed by atoms with Crippen molar-refractivity contribution in [3.05, 3.63) is 46.0 Å². The zero-order chi connectivity index (χ0) is 11.4. The van der Waals surface area contributed by atoms with Crippen molar-refractivity contribution < 1.29 is 13.9 Å². The van der Waals surface area contributed by atoms with E-state index in [-0.39, 0.29) is 6.61 Å². The monoisotopic (exact) mass is 208 g/mol. The maximum Gasteiger partial charge on any atom is 0.336 e. The van der Waals surface area contributed by atoms with E-state index >= 15 is 0 Å². The van der Waals surface area contributed by atoms with E-state index < -0.39 is 11.6 Å². The number of hydrogen-bond acceptors (Lipinski definition) is 4. The summed E-state index contributed by atoms with van der Waals surface area (Å²) in [5.41, 5.74) is 0.633. The first-order valence-corrected chi connectivity index (χ1v) is 4.42. The van der Waals surface area contributed by atoms with E-state index in [0.717, 1.165) is 5.56 Å². The van der Waals surface area contributed by atoms with Crippen molar-refractivity contribution in [1.82, 2.24) is 0 Å². The van der Waals surface area contributed by atoms with Gasteiger partial charge in [-0.1, -0.05) is 6.58 Å². The molecule has 1 aromatic heterocycles. The second-order valence-corrected chi connectivity index (χ2v) is 3.28. The second kappa shape index (κ2) is 4.59. The van der Waals surface area contributed by atoms with Crippen molar-refractivity contribution in [1.29, 1.82) is 0 Å². The SMILES string of the molecule is C=C(C)C(=O)OCc1cc(C)cc(=O)o1. The fraction of sp³-hybridized carbons (Fsp3) is 0.273. The molecule has 1 rings (SSSR count). The first kappa shape index (κ1) is 11.2. The van der Waals surface area contributed by atoms with Crippen LogP contribution in [0.15, 0.2) is 33.5 Å². The summed E-state index contributed by atoms with van der Waals surface area (Å²) < 4.78 is 9.65. The number of carbonyl (C=O) groups excluding carboxylic acids is 1. The standard InChI is InChI=1S/C11H12O4/c1-7(2)11(13)14-6-9-4-8(3)5-10(12)15-9/h4-5H,1,6H2,2-3H3. The number of aryl methyl sites for hydroxylation is 1. The van der Waals surface area contributed by atoms with E-state index in [1.54, 1.807) is 19.9 Å². The summed E-state index contributed by atoms with van der Waals surface area (Å²) >= 11 is 0. The molecule has 1 heterocycles. The van der Waals surface area contributed by atoms with Gasteiger partial charge in [0.25, 0.3) is 0 Å². The second-order valence-electron chi connectivity index (χ2n) is 3.28. The van der Waals surface area contributed by atoms with Crippen molar-refractivity contribution >= 4 is 5.97 Å². The molecule has 0 bridgehead atoms. The predicted molar refractivity (Wildman–Crippen MR) is 54.3 cm³/mol. The van der Waals surface area contributed by atoms with Crippen LogP contribution in [0.1, 0.15) is 18.2 Å². The average Bonchev–Trinajstić information content (AvgIpc) is 2.12. The quantitative estimate of drug-likeness (QED) is 0.558. The Morgan fingerprint density at radius 3 is 2.73 bits per heavy atom. The van der Waals surface area contributed by atoms with Crippen LogP contribution in [0.5, 0.6) is 0 Å². The van der Waals surface area contributed by atoms with Crippen molar-refractivity contribution in [3.8, 4) is 0 Å². The maximum atomic E-state index is 11.0. The zero-order valence-electron chi connectivity index (χ0n) is 8.70. The summed E-state index contributed by atoms with van der Waals surface area (Å²) in [6.45, 7) is 6.70. The lowest BCUT2D eigenvalue weighted by Crippen LogP contribution is -2.07. The van der Waals surface area contributed by atoms with Gasteiger partial charge in [0.1, 0.15) is 12.4 Å². The molecule has 0 radical (unpaired) electrons. The predicted octanol–water partition coefficient (Wildman–Crippen LogP) is 1.57. The van der Waals surface area contributed by atoms with Crippen LogP contribution < -0.4 is 5.63 Å². The molecule has 15 heavy (non-hydrogen) atoms. The van der Waals surface area contributed by atoms with Gasteiger partial charge in [0, 0.05) is 11.6 Å². The van der Waals surface area contributed by atoms with E-state index in [1.165, 1.54) is 6.07 Å². The smallest absolute Gasteiger partial charge is 0.336 e. The minimum Gasteiger partial charge on any atom is -0.454 e. The first-order chi connectivity index (χ1) is 6.99. The number of esters is 1. The molecule has 0 amide bonds. The normalized spacial score (nSPS) is 9.73. The summed E-state index contributed by atoms with van der Waals surface area (Å²) in [6, 6.07) is 3.01. The van der Waals surface area contributed by atoms with E-state index in [2.05, 4.69) is 6.58 Å². The van der Waals surface area contributed by atoms with E-state index in [1.807, 2.05) is 0 Å². The summed E-state index contributed by atoms with van der Waals surface area (Å²) in [6.07, 6.45) is 0. The summed E-state index contributed by atoms with van der Waals surface area (Å²) in [5, 5.41) is 0. The van der Waals surface area contributed by atoms with Crippen LogP contribution in [-0.4, -0.2) is 5.97 Å². The number of ether oxygens (including phenoxy) is 1. The highest BCUT2D eigenvalue weighted by atomic mass is 16.5. The minimum absolute atomic E-state index is 0.0530. The largest absolute Gasteiger partial charge is 0.454 e. The zero-order valence-corrected chi connectivity index (χ0v) is 8.70. The highest BCUT2D eigenvalue weighted by Crippen LogP contribution is 2.03. The number of hydrogen-bond donors (Lipinski definition) is 0. The Morgan fingerprint density at radius 1 is 1.53 bits per heavy atom. The van der Waals surface area contributed by atoms with Crippen LogP contribution >= 0.6 is 0 Å². The van der Waals surface area contributed by atoms with Gasteiger partial charge in [0.05, 0.1) is 0 Å². The van der Waals surface area contributed by atoms with Crippen molar-refractivity contribution in [2.75, 3.05) is 0 Å². The van der Waals surface area contributed by atoms with Gasteiger partial charge >= 0.3 is 11.6 Å². The fourth-order valence-electron chi connectivity index (χ4n) is 1.00. The average molecular weight is 208 g/mol. The number of carbonyl (C=O) groups is 1. The van der Waals surface area contributed by atoms with Crippen LogP contribution in [0.25, 0.3) is 0 Å². The molecule has 0 saturated heterocycles. The van der Waals surface area contributed by atoms with E-state index in [9.17, 15) is 9.59 Å². The third-order valence-corrected chi connectivity index (χ3v) is 1.66. The molecule has 0 unspecified atom stereocenters. The summed E-state index contributed by atoms with van der Waals surface area (Å²) in [4.78, 5) is 22.0. The lowest BCUT2D eigenvalue weighted by molar-refractivity contribution is -0.140. The van der Waals surface area contributed by atoms with Gasteiger partial charge in [-0.05, 0) is 25.5 Å². The van der Waals surface area contributed by atoms with Crippen molar-refractivity contribution in [3.63, 3.8) is 0 Å². The van der Waals surface area contributed by atoms with Crippen LogP contribution in [0.4, 0.5) is 0 Å². The molecular weight excluding hydrogens is 196 g/mol. The topological polar surface area (TPSA) is 56.5 Å². The third-order valence-electron chi connectivity index (χ3n) is 1.66. The van der Waals surface area contributed by atoms with Gasteiger partial charge in [-0.25, -0.2) is 9.59 Å². The van der Waals surface area contributed by atoms with Gasteiger partial charge in [-0.2, -0.15) is 0 Å². The van der Waals surface area contributed by atoms with Crippen LogP contribution in [0.3, 0.4) is 0 Å². The molecule has 4 heteroatoms. The van der Waals surface area contributed by atoms with Gasteiger partial charge in [-0.3, -0.25) is 0 Å². The Balaban J connectivity index is 2.70. The molecule has 0 atom stereocenters. The fourth-order valence-corrected chi connectivity index (χ4v) is 1.00. The van der Waals surface area contributed by atoms with Gasteiger partial charge in [0.15, 0.2) is 0 Å². The molecule has 0 saturated carbocycles. The molecule has 0 fully saturated rings. The Hall–Kier alpha value is -1.84. The molecule has 0 aliphatic carbocycles. The Kier molecular flexibility index (Phi) is 3.44. The van der Waals surface area contributed by atoms with Gasteiger partial charge in [0.2, 0.25) is 0 Å². The van der Waals surface area contributed by atoms with Crippen molar-refractivity contribution in [2.24, 2.45) is 0 Å². The highest BCUT2D eigenvalue weighted by Gasteiger charge is 2.05. The van der Waals surface area contributed by atoms with Gasteiger partial charge in [-0.15, -0.1) is 0 Å². The third kappa shape index (κ3) is 3.42. The molecule has 0 aliphatic heterocycles. The summed E-state index contributed by atoms with van der Waals surface area (Å²) in [5.74, 6) is -0.172. The maximum absolute atomic E-state index is 11.0. The molecular formula is C11H12O4.